The summed E-state index contributed by atoms with van der Waals surface area (Å²) >= 11 is 1.31. The molecule has 2 aromatic heterocycles. The Morgan fingerprint density at radius 3 is 2.76 bits per heavy atom. The zero-order chi connectivity index (χ0) is 20.5. The van der Waals surface area contributed by atoms with Gasteiger partial charge in [0.05, 0.1) is 15.9 Å². The SMILES string of the molecule is CC(OC(=O)[C@@H]1CCCN1C(=O)c1cccs1)c1nc2ccccc2n1C(F)F. The maximum absolute atomic E-state index is 13.6. The Morgan fingerprint density at radius 2 is 2.03 bits per heavy atom. The Bertz CT molecular complexity index is 1030. The lowest BCUT2D eigenvalue weighted by Crippen LogP contribution is -2.41. The lowest BCUT2D eigenvalue weighted by molar-refractivity contribution is -0.154. The Kier molecular flexibility index (Phi) is 5.31. The molecule has 152 valence electrons. The van der Waals surface area contributed by atoms with Gasteiger partial charge < -0.3 is 9.64 Å². The van der Waals surface area contributed by atoms with Crippen molar-refractivity contribution in [3.63, 3.8) is 0 Å². The van der Waals surface area contributed by atoms with Crippen LogP contribution in [0.1, 0.15) is 47.9 Å². The van der Waals surface area contributed by atoms with Crippen molar-refractivity contribution >= 4 is 34.2 Å². The van der Waals surface area contributed by atoms with Crippen LogP contribution in [0.25, 0.3) is 11.0 Å². The number of ether oxygens (including phenoxy) is 1. The van der Waals surface area contributed by atoms with Gasteiger partial charge in [-0.2, -0.15) is 8.78 Å². The van der Waals surface area contributed by atoms with Crippen molar-refractivity contribution in [2.24, 2.45) is 0 Å². The van der Waals surface area contributed by atoms with Gasteiger partial charge in [-0.3, -0.25) is 9.36 Å². The van der Waals surface area contributed by atoms with Crippen molar-refractivity contribution in [2.45, 2.75) is 38.5 Å². The van der Waals surface area contributed by atoms with E-state index in [1.54, 1.807) is 41.8 Å². The number of hydrogen-bond acceptors (Lipinski definition) is 5. The largest absolute Gasteiger partial charge is 0.453 e. The maximum atomic E-state index is 13.6. The van der Waals surface area contributed by atoms with Crippen LogP contribution in [-0.4, -0.2) is 38.9 Å². The molecule has 0 N–H and O–H groups in total. The van der Waals surface area contributed by atoms with E-state index in [2.05, 4.69) is 4.98 Å². The number of amides is 1. The average molecular weight is 419 g/mol. The minimum Gasteiger partial charge on any atom is -0.453 e. The van der Waals surface area contributed by atoms with Gasteiger partial charge in [-0.15, -0.1) is 11.3 Å². The van der Waals surface area contributed by atoms with Gasteiger partial charge in [0.1, 0.15) is 6.04 Å². The van der Waals surface area contributed by atoms with Crippen LogP contribution < -0.4 is 0 Å². The van der Waals surface area contributed by atoms with Crippen LogP contribution in [0.15, 0.2) is 41.8 Å². The van der Waals surface area contributed by atoms with Crippen LogP contribution in [0.5, 0.6) is 0 Å². The molecule has 3 aromatic rings. The van der Waals surface area contributed by atoms with E-state index < -0.39 is 24.7 Å². The second-order valence-electron chi connectivity index (χ2n) is 6.82. The second-order valence-corrected chi connectivity index (χ2v) is 7.77. The lowest BCUT2D eigenvalue weighted by atomic mass is 10.2. The van der Waals surface area contributed by atoms with Crippen LogP contribution in [0.4, 0.5) is 8.78 Å². The molecule has 1 aliphatic heterocycles. The van der Waals surface area contributed by atoms with Crippen molar-refractivity contribution in [1.82, 2.24) is 14.5 Å². The molecule has 6 nitrogen and oxygen atoms in total. The summed E-state index contributed by atoms with van der Waals surface area (Å²) in [5.74, 6) is -0.844. The summed E-state index contributed by atoms with van der Waals surface area (Å²) in [7, 11) is 0. The van der Waals surface area contributed by atoms with Crippen LogP contribution in [0, 0.1) is 0 Å². The summed E-state index contributed by atoms with van der Waals surface area (Å²) in [6, 6.07) is 9.29. The number of likely N-dealkylation sites (tertiary alicyclic amines) is 1. The highest BCUT2D eigenvalue weighted by molar-refractivity contribution is 7.12. The van der Waals surface area contributed by atoms with E-state index in [1.807, 2.05) is 0 Å². The standard InChI is InChI=1S/C20H19F2N3O3S/c1-12(17-23-13-6-2-3-7-14(13)25(17)20(21)22)28-19(27)15-8-4-10-24(15)18(26)16-9-5-11-29-16/h2-3,5-7,9,11-12,15,20H,4,8,10H2,1H3/t12?,15-/m0/s1. The Labute approximate surface area is 169 Å². The molecule has 29 heavy (non-hydrogen) atoms. The predicted molar refractivity (Wildman–Crippen MR) is 104 cm³/mol. The molecule has 0 aliphatic carbocycles. The van der Waals surface area contributed by atoms with E-state index in [-0.39, 0.29) is 17.2 Å². The van der Waals surface area contributed by atoms with Gasteiger partial charge in [0.15, 0.2) is 11.9 Å². The molecule has 1 fully saturated rings. The van der Waals surface area contributed by atoms with Crippen molar-refractivity contribution < 1.29 is 23.1 Å². The molecule has 0 saturated carbocycles. The number of fused-ring (bicyclic) bond motifs is 1. The van der Waals surface area contributed by atoms with Gasteiger partial charge in [0, 0.05) is 6.54 Å². The van der Waals surface area contributed by atoms with Gasteiger partial charge in [-0.05, 0) is 43.3 Å². The molecule has 9 heteroatoms. The number of carbonyl (C=O) groups is 2. The number of imidazole rings is 1. The number of halogens is 2. The number of rotatable bonds is 5. The first-order valence-electron chi connectivity index (χ1n) is 9.27. The third kappa shape index (κ3) is 3.62. The van der Waals surface area contributed by atoms with Crippen LogP contribution in [0.2, 0.25) is 0 Å². The van der Waals surface area contributed by atoms with Crippen molar-refractivity contribution in [1.29, 1.82) is 0 Å². The highest BCUT2D eigenvalue weighted by atomic mass is 32.1. The first kappa shape index (κ1) is 19.5. The number of esters is 1. The first-order valence-corrected chi connectivity index (χ1v) is 10.2. The molecule has 3 heterocycles. The molecule has 1 aromatic carbocycles. The fourth-order valence-electron chi connectivity index (χ4n) is 3.66. The second kappa shape index (κ2) is 7.90. The Hall–Kier alpha value is -2.81. The highest BCUT2D eigenvalue weighted by Crippen LogP contribution is 2.30. The number of benzene rings is 1. The molecule has 2 atom stereocenters. The first-order chi connectivity index (χ1) is 14.0. The molecule has 0 radical (unpaired) electrons. The summed E-state index contributed by atoms with van der Waals surface area (Å²) in [5.41, 5.74) is 0.678. The molecule has 1 unspecified atom stereocenters. The zero-order valence-electron chi connectivity index (χ0n) is 15.6. The summed E-state index contributed by atoms with van der Waals surface area (Å²) in [6.07, 6.45) is 0.178. The number of para-hydroxylation sites is 2. The number of thiophene rings is 1. The van der Waals surface area contributed by atoms with Gasteiger partial charge >= 0.3 is 12.5 Å². The van der Waals surface area contributed by atoms with Gasteiger partial charge in [0.25, 0.3) is 5.91 Å². The smallest absolute Gasteiger partial charge is 0.329 e. The molecular formula is C20H19F2N3O3S. The Morgan fingerprint density at radius 1 is 1.24 bits per heavy atom. The van der Waals surface area contributed by atoms with Crippen molar-refractivity contribution in [3.8, 4) is 0 Å². The van der Waals surface area contributed by atoms with Crippen LogP contribution in [0.3, 0.4) is 0 Å². The monoisotopic (exact) mass is 419 g/mol. The van der Waals surface area contributed by atoms with Crippen LogP contribution >= 0.6 is 11.3 Å². The minimum atomic E-state index is -2.82. The zero-order valence-corrected chi connectivity index (χ0v) is 16.4. The predicted octanol–water partition coefficient (Wildman–Crippen LogP) is 4.40. The molecular weight excluding hydrogens is 400 g/mol. The third-order valence-electron chi connectivity index (χ3n) is 4.99. The fraction of sp³-hybridized carbons (Fsp3) is 0.350. The average Bonchev–Trinajstić information content (AvgIpc) is 3.46. The number of nitrogens with zero attached hydrogens (tertiary/aromatic N) is 3. The van der Waals surface area contributed by atoms with E-state index in [0.29, 0.717) is 29.8 Å². The Balaban J connectivity index is 1.55. The minimum absolute atomic E-state index is 0.0244. The molecule has 0 spiro atoms. The van der Waals surface area contributed by atoms with E-state index >= 15 is 0 Å². The summed E-state index contributed by atoms with van der Waals surface area (Å²) in [6.45, 7) is -0.847. The number of alkyl halides is 2. The number of aromatic nitrogens is 2. The van der Waals surface area contributed by atoms with E-state index in [4.69, 9.17) is 4.74 Å². The van der Waals surface area contributed by atoms with Gasteiger partial charge in [-0.1, -0.05) is 18.2 Å². The summed E-state index contributed by atoms with van der Waals surface area (Å²) in [5, 5.41) is 1.80. The van der Waals surface area contributed by atoms with Gasteiger partial charge in [-0.25, -0.2) is 9.78 Å². The van der Waals surface area contributed by atoms with E-state index in [1.165, 1.54) is 23.2 Å². The van der Waals surface area contributed by atoms with Crippen LogP contribution in [-0.2, 0) is 9.53 Å². The molecule has 0 bridgehead atoms. The molecule has 4 rings (SSSR count). The molecule has 1 aliphatic rings. The number of carbonyl (C=O) groups excluding carboxylic acids is 2. The lowest BCUT2D eigenvalue weighted by Gasteiger charge is -2.24. The van der Waals surface area contributed by atoms with E-state index in [0.717, 1.165) is 4.57 Å². The molecule has 1 saturated heterocycles. The molecule has 1 amide bonds. The normalized spacial score (nSPS) is 17.8. The van der Waals surface area contributed by atoms with Crippen molar-refractivity contribution in [2.75, 3.05) is 6.54 Å². The third-order valence-corrected chi connectivity index (χ3v) is 5.85. The summed E-state index contributed by atoms with van der Waals surface area (Å²) < 4.78 is 33.6. The summed E-state index contributed by atoms with van der Waals surface area (Å²) in [4.78, 5) is 31.7. The highest BCUT2D eigenvalue weighted by Gasteiger charge is 2.37. The fourth-order valence-corrected chi connectivity index (χ4v) is 4.34. The maximum Gasteiger partial charge on any atom is 0.329 e. The van der Waals surface area contributed by atoms with Crippen molar-refractivity contribution in [3.05, 3.63) is 52.5 Å². The quantitative estimate of drug-likeness (QED) is 0.575. The topological polar surface area (TPSA) is 64.4 Å². The van der Waals surface area contributed by atoms with E-state index in [9.17, 15) is 18.4 Å². The van der Waals surface area contributed by atoms with Gasteiger partial charge in [0.2, 0.25) is 0 Å². The number of hydrogen-bond donors (Lipinski definition) is 0.